The molecule has 1 heterocycles. The molecule has 2 aromatic rings. The van der Waals surface area contributed by atoms with Crippen LogP contribution in [-0.2, 0) is 0 Å². The fraction of sp³-hybridized carbons (Fsp3) is 0.294. The van der Waals surface area contributed by atoms with Gasteiger partial charge in [0.15, 0.2) is 0 Å². The largest absolute Gasteiger partial charge is 0.469 e. The van der Waals surface area contributed by atoms with E-state index in [9.17, 15) is 9.59 Å². The highest BCUT2D eigenvalue weighted by atomic mass is 16.3. The number of carbonyl (C=O) groups excluding carboxylic acids is 2. The molecule has 3 amide bonds. The highest BCUT2D eigenvalue weighted by molar-refractivity contribution is 5.96. The molecule has 3 N–H and O–H groups in total. The van der Waals surface area contributed by atoms with Crippen molar-refractivity contribution in [3.63, 3.8) is 0 Å². The van der Waals surface area contributed by atoms with Gasteiger partial charge in [0.1, 0.15) is 5.76 Å². The van der Waals surface area contributed by atoms with E-state index >= 15 is 0 Å². The second-order valence-corrected chi connectivity index (χ2v) is 5.19. The van der Waals surface area contributed by atoms with Crippen LogP contribution in [0.4, 0.5) is 4.79 Å². The van der Waals surface area contributed by atoms with Crippen LogP contribution in [0.25, 0.3) is 0 Å². The third-order valence-electron chi connectivity index (χ3n) is 3.48. The maximum Gasteiger partial charge on any atom is 0.333 e. The van der Waals surface area contributed by atoms with E-state index in [1.165, 1.54) is 6.26 Å². The zero-order valence-corrected chi connectivity index (χ0v) is 13.3. The molecule has 0 aliphatic rings. The highest BCUT2D eigenvalue weighted by Crippen LogP contribution is 2.17. The lowest BCUT2D eigenvalue weighted by molar-refractivity contribution is 0.0934. The Hall–Kier alpha value is -2.76. The molecule has 122 valence electrons. The smallest absolute Gasteiger partial charge is 0.333 e. The number of urea groups is 1. The lowest BCUT2D eigenvalue weighted by Crippen LogP contribution is -2.47. The number of furan rings is 1. The van der Waals surface area contributed by atoms with Crippen molar-refractivity contribution in [1.82, 2.24) is 16.2 Å². The molecule has 0 saturated carbocycles. The van der Waals surface area contributed by atoms with E-state index in [0.717, 1.165) is 18.4 Å². The highest BCUT2D eigenvalue weighted by Gasteiger charge is 2.15. The minimum absolute atomic E-state index is 0.103. The maximum atomic E-state index is 12.0. The van der Waals surface area contributed by atoms with Crippen LogP contribution in [0.5, 0.6) is 0 Å². The van der Waals surface area contributed by atoms with Crippen molar-refractivity contribution in [3.8, 4) is 0 Å². The van der Waals surface area contributed by atoms with Crippen LogP contribution in [0.2, 0.25) is 0 Å². The van der Waals surface area contributed by atoms with Gasteiger partial charge in [0.2, 0.25) is 0 Å². The van der Waals surface area contributed by atoms with Gasteiger partial charge in [-0.3, -0.25) is 10.2 Å². The Kier molecular flexibility index (Phi) is 5.80. The molecule has 0 aliphatic heterocycles. The molecular formula is C17H21N3O3. The minimum atomic E-state index is -0.457. The Balaban J connectivity index is 1.90. The Morgan fingerprint density at radius 1 is 1.13 bits per heavy atom. The minimum Gasteiger partial charge on any atom is -0.469 e. The first kappa shape index (κ1) is 16.6. The first-order valence-corrected chi connectivity index (χ1v) is 7.57. The Morgan fingerprint density at radius 2 is 1.87 bits per heavy atom. The van der Waals surface area contributed by atoms with Crippen molar-refractivity contribution in [3.05, 3.63) is 59.5 Å². The van der Waals surface area contributed by atoms with Gasteiger partial charge in [-0.05, 0) is 25.0 Å². The summed E-state index contributed by atoms with van der Waals surface area (Å²) in [6, 6.07) is 10.7. The van der Waals surface area contributed by atoms with Gasteiger partial charge in [-0.15, -0.1) is 0 Å². The van der Waals surface area contributed by atoms with Gasteiger partial charge < -0.3 is 9.73 Å². The van der Waals surface area contributed by atoms with Crippen LogP contribution in [0.15, 0.2) is 47.1 Å². The number of nitrogens with one attached hydrogen (secondary N) is 3. The van der Waals surface area contributed by atoms with Crippen molar-refractivity contribution in [1.29, 1.82) is 0 Å². The SMILES string of the molecule is CCC[C@H](NC(=O)NNC(=O)c1ccoc1C)c1ccccc1. The summed E-state index contributed by atoms with van der Waals surface area (Å²) >= 11 is 0. The van der Waals surface area contributed by atoms with Crippen molar-refractivity contribution in [2.75, 3.05) is 0 Å². The van der Waals surface area contributed by atoms with Crippen LogP contribution >= 0.6 is 0 Å². The van der Waals surface area contributed by atoms with Crippen molar-refractivity contribution >= 4 is 11.9 Å². The van der Waals surface area contributed by atoms with Gasteiger partial charge >= 0.3 is 6.03 Å². The van der Waals surface area contributed by atoms with Gasteiger partial charge in [-0.1, -0.05) is 43.7 Å². The summed E-state index contributed by atoms with van der Waals surface area (Å²) in [7, 11) is 0. The third-order valence-corrected chi connectivity index (χ3v) is 3.48. The summed E-state index contributed by atoms with van der Waals surface area (Å²) in [5.41, 5.74) is 6.15. The van der Waals surface area contributed by atoms with Crippen LogP contribution in [-0.4, -0.2) is 11.9 Å². The summed E-state index contributed by atoms with van der Waals surface area (Å²) in [6.07, 6.45) is 3.17. The molecule has 0 bridgehead atoms. The van der Waals surface area contributed by atoms with E-state index < -0.39 is 11.9 Å². The van der Waals surface area contributed by atoms with Crippen LogP contribution in [0.3, 0.4) is 0 Å². The number of carbonyl (C=O) groups is 2. The van der Waals surface area contributed by atoms with E-state index in [1.54, 1.807) is 13.0 Å². The Bertz CT molecular complexity index is 652. The summed E-state index contributed by atoms with van der Waals surface area (Å²) in [5, 5.41) is 2.86. The fourth-order valence-corrected chi connectivity index (χ4v) is 2.29. The van der Waals surface area contributed by atoms with E-state index in [2.05, 4.69) is 23.1 Å². The van der Waals surface area contributed by atoms with Crippen LogP contribution in [0, 0.1) is 6.92 Å². The zero-order chi connectivity index (χ0) is 16.7. The molecular weight excluding hydrogens is 294 g/mol. The van der Waals surface area contributed by atoms with E-state index in [1.807, 2.05) is 30.3 Å². The Morgan fingerprint density at radius 3 is 2.48 bits per heavy atom. The number of aryl methyl sites for hydroxylation is 1. The molecule has 1 atom stereocenters. The molecule has 1 aromatic carbocycles. The molecule has 0 aliphatic carbocycles. The fourth-order valence-electron chi connectivity index (χ4n) is 2.29. The second kappa shape index (κ2) is 8.03. The molecule has 0 unspecified atom stereocenters. The Labute approximate surface area is 135 Å². The monoisotopic (exact) mass is 315 g/mol. The number of hydrazine groups is 1. The number of benzene rings is 1. The standard InChI is InChI=1S/C17H21N3O3/c1-3-7-15(13-8-5-4-6-9-13)18-17(22)20-19-16(21)14-10-11-23-12(14)2/h4-6,8-11,15H,3,7H2,1-2H3,(H,19,21)(H2,18,20,22)/t15-/m0/s1. The first-order valence-electron chi connectivity index (χ1n) is 7.57. The average Bonchev–Trinajstić information content (AvgIpc) is 2.99. The summed E-state index contributed by atoms with van der Waals surface area (Å²) < 4.78 is 5.06. The summed E-state index contributed by atoms with van der Waals surface area (Å²) in [6.45, 7) is 3.74. The van der Waals surface area contributed by atoms with E-state index in [0.29, 0.717) is 11.3 Å². The number of hydrogen-bond acceptors (Lipinski definition) is 3. The first-order chi connectivity index (χ1) is 11.1. The topological polar surface area (TPSA) is 83.4 Å². The molecule has 23 heavy (non-hydrogen) atoms. The molecule has 0 radical (unpaired) electrons. The van der Waals surface area contributed by atoms with Gasteiger partial charge in [-0.25, -0.2) is 10.2 Å². The van der Waals surface area contributed by atoms with Gasteiger partial charge in [0, 0.05) is 0 Å². The molecule has 0 saturated heterocycles. The average molecular weight is 315 g/mol. The summed E-state index contributed by atoms with van der Waals surface area (Å²) in [5.74, 6) is 0.0796. The normalized spacial score (nSPS) is 11.6. The number of hydrogen-bond donors (Lipinski definition) is 3. The second-order valence-electron chi connectivity index (χ2n) is 5.19. The van der Waals surface area contributed by atoms with E-state index in [-0.39, 0.29) is 6.04 Å². The zero-order valence-electron chi connectivity index (χ0n) is 13.3. The number of amides is 3. The maximum absolute atomic E-state index is 12.0. The van der Waals surface area contributed by atoms with Crippen molar-refractivity contribution in [2.45, 2.75) is 32.7 Å². The molecule has 2 rings (SSSR count). The molecule has 0 fully saturated rings. The summed E-state index contributed by atoms with van der Waals surface area (Å²) in [4.78, 5) is 23.9. The number of rotatable bonds is 5. The lowest BCUT2D eigenvalue weighted by Gasteiger charge is -2.19. The van der Waals surface area contributed by atoms with Crippen molar-refractivity contribution in [2.24, 2.45) is 0 Å². The molecule has 0 spiro atoms. The molecule has 6 nitrogen and oxygen atoms in total. The van der Waals surface area contributed by atoms with Gasteiger partial charge in [0.25, 0.3) is 5.91 Å². The third kappa shape index (κ3) is 4.60. The van der Waals surface area contributed by atoms with Crippen molar-refractivity contribution < 1.29 is 14.0 Å². The van der Waals surface area contributed by atoms with Crippen LogP contribution < -0.4 is 16.2 Å². The molecule has 6 heteroatoms. The van der Waals surface area contributed by atoms with Crippen LogP contribution in [0.1, 0.15) is 47.5 Å². The predicted molar refractivity (Wildman–Crippen MR) is 86.7 cm³/mol. The van der Waals surface area contributed by atoms with Gasteiger partial charge in [0.05, 0.1) is 17.9 Å². The predicted octanol–water partition coefficient (Wildman–Crippen LogP) is 3.07. The van der Waals surface area contributed by atoms with Gasteiger partial charge in [-0.2, -0.15) is 0 Å². The lowest BCUT2D eigenvalue weighted by atomic mass is 10.0. The molecule has 1 aromatic heterocycles. The van der Waals surface area contributed by atoms with E-state index in [4.69, 9.17) is 4.42 Å². The quantitative estimate of drug-likeness (QED) is 0.741.